The van der Waals surface area contributed by atoms with E-state index >= 15 is 0 Å². The van der Waals surface area contributed by atoms with Crippen molar-refractivity contribution in [3.63, 3.8) is 0 Å². The van der Waals surface area contributed by atoms with Crippen LogP contribution in [0.4, 0.5) is 4.79 Å². The van der Waals surface area contributed by atoms with Gasteiger partial charge in [-0.15, -0.1) is 0 Å². The zero-order chi connectivity index (χ0) is 24.1. The van der Waals surface area contributed by atoms with Crippen molar-refractivity contribution in [2.45, 2.75) is 57.7 Å². The number of hydrogen-bond acceptors (Lipinski definition) is 4. The van der Waals surface area contributed by atoms with Crippen LogP contribution in [0.2, 0.25) is 0 Å². The molecule has 33 heavy (non-hydrogen) atoms. The molecule has 0 bridgehead atoms. The summed E-state index contributed by atoms with van der Waals surface area (Å²) in [5.74, 6) is -0.459. The van der Waals surface area contributed by atoms with Crippen molar-refractivity contribution in [1.82, 2.24) is 15.6 Å². The highest BCUT2D eigenvalue weighted by Crippen LogP contribution is 2.22. The molecule has 3 N–H and O–H groups in total. The number of rotatable bonds is 8. The first kappa shape index (κ1) is 24.0. The Labute approximate surface area is 193 Å². The molecule has 2 atom stereocenters. The van der Waals surface area contributed by atoms with E-state index in [1.807, 2.05) is 60.8 Å². The van der Waals surface area contributed by atoms with Gasteiger partial charge in [0.05, 0.1) is 5.54 Å². The zero-order valence-corrected chi connectivity index (χ0v) is 19.5. The van der Waals surface area contributed by atoms with Crippen molar-refractivity contribution in [2.75, 3.05) is 0 Å². The summed E-state index contributed by atoms with van der Waals surface area (Å²) in [4.78, 5) is 40.9. The number of aromatic nitrogens is 1. The SMILES string of the molecule is CC(C=O)(Cc1c[nH]c2ccccc12)NC(=O)[C@H](Cc1ccccc1)NC(=O)OC(C)(C)C. The highest BCUT2D eigenvalue weighted by atomic mass is 16.6. The summed E-state index contributed by atoms with van der Waals surface area (Å²) in [6.45, 7) is 6.93. The van der Waals surface area contributed by atoms with Gasteiger partial charge in [0.2, 0.25) is 5.91 Å². The molecule has 0 saturated heterocycles. The van der Waals surface area contributed by atoms with E-state index < -0.39 is 29.2 Å². The van der Waals surface area contributed by atoms with Gasteiger partial charge in [0, 0.05) is 29.9 Å². The van der Waals surface area contributed by atoms with Crippen molar-refractivity contribution < 1.29 is 19.1 Å². The topological polar surface area (TPSA) is 100 Å². The van der Waals surface area contributed by atoms with Gasteiger partial charge < -0.3 is 25.1 Å². The van der Waals surface area contributed by atoms with Crippen LogP contribution in [0.3, 0.4) is 0 Å². The molecule has 3 rings (SSSR count). The highest BCUT2D eigenvalue weighted by molar-refractivity contribution is 5.90. The van der Waals surface area contributed by atoms with Crippen molar-refractivity contribution >= 4 is 29.2 Å². The Hall–Kier alpha value is -3.61. The number of aromatic amines is 1. The molecule has 0 saturated carbocycles. The van der Waals surface area contributed by atoms with E-state index in [0.717, 1.165) is 28.3 Å². The molecule has 7 nitrogen and oxygen atoms in total. The van der Waals surface area contributed by atoms with E-state index in [1.54, 1.807) is 27.7 Å². The van der Waals surface area contributed by atoms with Crippen molar-refractivity contribution in [3.05, 3.63) is 71.9 Å². The summed E-state index contributed by atoms with van der Waals surface area (Å²) < 4.78 is 5.34. The van der Waals surface area contributed by atoms with Gasteiger partial charge in [-0.3, -0.25) is 4.79 Å². The number of H-pyrrole nitrogens is 1. The van der Waals surface area contributed by atoms with Gasteiger partial charge in [-0.2, -0.15) is 0 Å². The molecule has 1 heterocycles. The zero-order valence-electron chi connectivity index (χ0n) is 19.5. The van der Waals surface area contributed by atoms with Crippen LogP contribution in [0.25, 0.3) is 10.9 Å². The predicted octanol–water partition coefficient (Wildman–Crippen LogP) is 3.92. The van der Waals surface area contributed by atoms with E-state index in [0.29, 0.717) is 6.42 Å². The second-order valence-corrected chi connectivity index (χ2v) is 9.45. The van der Waals surface area contributed by atoms with Gasteiger partial charge in [0.25, 0.3) is 0 Å². The number of nitrogens with one attached hydrogen (secondary N) is 3. The molecule has 3 aromatic rings. The molecular formula is C26H31N3O4. The smallest absolute Gasteiger partial charge is 0.408 e. The number of amides is 2. The maximum atomic E-state index is 13.3. The Morgan fingerprint density at radius 1 is 1.03 bits per heavy atom. The summed E-state index contributed by atoms with van der Waals surface area (Å²) in [7, 11) is 0. The maximum Gasteiger partial charge on any atom is 0.408 e. The fourth-order valence-corrected chi connectivity index (χ4v) is 3.67. The molecule has 1 unspecified atom stereocenters. The van der Waals surface area contributed by atoms with E-state index in [1.165, 1.54) is 0 Å². The van der Waals surface area contributed by atoms with Crippen molar-refractivity contribution in [2.24, 2.45) is 0 Å². The van der Waals surface area contributed by atoms with E-state index in [9.17, 15) is 14.4 Å². The summed E-state index contributed by atoms with van der Waals surface area (Å²) in [6.07, 6.45) is 2.45. The van der Waals surface area contributed by atoms with Gasteiger partial charge in [0.15, 0.2) is 0 Å². The first-order valence-electron chi connectivity index (χ1n) is 11.0. The van der Waals surface area contributed by atoms with E-state index in [4.69, 9.17) is 4.74 Å². The monoisotopic (exact) mass is 449 g/mol. The Balaban J connectivity index is 1.79. The minimum Gasteiger partial charge on any atom is -0.444 e. The van der Waals surface area contributed by atoms with Crippen LogP contribution in [-0.2, 0) is 27.2 Å². The fraction of sp³-hybridized carbons (Fsp3) is 0.346. The maximum absolute atomic E-state index is 13.3. The number of alkyl carbamates (subject to hydrolysis) is 1. The number of hydrogen-bond donors (Lipinski definition) is 3. The van der Waals surface area contributed by atoms with E-state index in [-0.39, 0.29) is 6.42 Å². The van der Waals surface area contributed by atoms with Crippen molar-refractivity contribution in [1.29, 1.82) is 0 Å². The normalized spacial score (nSPS) is 14.2. The molecule has 0 aliphatic carbocycles. The Kier molecular flexibility index (Phi) is 7.21. The van der Waals surface area contributed by atoms with Gasteiger partial charge in [-0.25, -0.2) is 4.79 Å². The van der Waals surface area contributed by atoms with Crippen LogP contribution < -0.4 is 10.6 Å². The number of benzene rings is 2. The first-order valence-corrected chi connectivity index (χ1v) is 11.0. The second kappa shape index (κ2) is 9.90. The number of fused-ring (bicyclic) bond motifs is 1. The molecule has 1 aromatic heterocycles. The standard InChI is InChI=1S/C26H31N3O4/c1-25(2,3)33-24(32)28-22(14-18-10-6-5-7-11-18)23(31)29-26(4,17-30)15-19-16-27-21-13-9-8-12-20(19)21/h5-13,16-17,22,27H,14-15H2,1-4H3,(H,28,32)(H,29,31)/t22-,26?/m0/s1. The van der Waals surface area contributed by atoms with Gasteiger partial charge in [-0.05, 0) is 44.9 Å². The quantitative estimate of drug-likeness (QED) is 0.454. The summed E-state index contributed by atoms with van der Waals surface area (Å²) in [6, 6.07) is 16.2. The van der Waals surface area contributed by atoms with Crippen LogP contribution >= 0.6 is 0 Å². The lowest BCUT2D eigenvalue weighted by Gasteiger charge is -2.28. The fourth-order valence-electron chi connectivity index (χ4n) is 3.67. The highest BCUT2D eigenvalue weighted by Gasteiger charge is 2.32. The van der Waals surface area contributed by atoms with E-state index in [2.05, 4.69) is 15.6 Å². The molecule has 2 aromatic carbocycles. The lowest BCUT2D eigenvalue weighted by Crippen LogP contribution is -2.57. The lowest BCUT2D eigenvalue weighted by atomic mass is 9.93. The summed E-state index contributed by atoms with van der Waals surface area (Å²) >= 11 is 0. The molecule has 0 spiro atoms. The molecular weight excluding hydrogens is 418 g/mol. The predicted molar refractivity (Wildman–Crippen MR) is 128 cm³/mol. The minimum atomic E-state index is -1.16. The average molecular weight is 450 g/mol. The Bertz CT molecular complexity index is 1120. The summed E-state index contributed by atoms with van der Waals surface area (Å²) in [5, 5.41) is 6.50. The lowest BCUT2D eigenvalue weighted by molar-refractivity contribution is -0.128. The van der Waals surface area contributed by atoms with Crippen LogP contribution in [0.1, 0.15) is 38.8 Å². The minimum absolute atomic E-state index is 0.258. The van der Waals surface area contributed by atoms with Crippen LogP contribution in [-0.4, -0.2) is 40.5 Å². The number of aldehydes is 1. The number of carbonyl (C=O) groups is 3. The second-order valence-electron chi connectivity index (χ2n) is 9.45. The molecule has 174 valence electrons. The largest absolute Gasteiger partial charge is 0.444 e. The van der Waals surface area contributed by atoms with Gasteiger partial charge >= 0.3 is 6.09 Å². The first-order chi connectivity index (χ1) is 15.6. The Morgan fingerprint density at radius 3 is 2.36 bits per heavy atom. The van der Waals surface area contributed by atoms with Crippen LogP contribution in [0.15, 0.2) is 60.8 Å². The van der Waals surface area contributed by atoms with Crippen molar-refractivity contribution in [3.8, 4) is 0 Å². The third kappa shape index (κ3) is 6.68. The molecule has 0 radical (unpaired) electrons. The van der Waals surface area contributed by atoms with Crippen LogP contribution in [0, 0.1) is 0 Å². The molecule has 7 heteroatoms. The summed E-state index contributed by atoms with van der Waals surface area (Å²) in [5.41, 5.74) is 0.885. The third-order valence-electron chi connectivity index (χ3n) is 5.19. The average Bonchev–Trinajstić information content (AvgIpc) is 3.15. The molecule has 0 aliphatic rings. The van der Waals surface area contributed by atoms with Gasteiger partial charge in [0.1, 0.15) is 17.9 Å². The number of para-hydroxylation sites is 1. The van der Waals surface area contributed by atoms with Gasteiger partial charge in [-0.1, -0.05) is 48.5 Å². The van der Waals surface area contributed by atoms with Crippen LogP contribution in [0.5, 0.6) is 0 Å². The molecule has 0 fully saturated rings. The Morgan fingerprint density at radius 2 is 1.70 bits per heavy atom. The number of carbonyl (C=O) groups excluding carboxylic acids is 3. The third-order valence-corrected chi connectivity index (χ3v) is 5.19. The number of ether oxygens (including phenoxy) is 1. The molecule has 2 amide bonds. The molecule has 0 aliphatic heterocycles.